The van der Waals surface area contributed by atoms with E-state index in [1.165, 1.54) is 4.90 Å². The maximum absolute atomic E-state index is 12.3. The van der Waals surface area contributed by atoms with Crippen LogP contribution >= 0.6 is 0 Å². The predicted molar refractivity (Wildman–Crippen MR) is 74.3 cm³/mol. The summed E-state index contributed by atoms with van der Waals surface area (Å²) in [5.41, 5.74) is 7.15. The van der Waals surface area contributed by atoms with Crippen LogP contribution in [0, 0.1) is 6.92 Å². The molecule has 3 amide bonds. The van der Waals surface area contributed by atoms with Crippen molar-refractivity contribution < 1.29 is 9.59 Å². The predicted octanol–water partition coefficient (Wildman–Crippen LogP) is -0.260. The van der Waals surface area contributed by atoms with Gasteiger partial charge in [-0.1, -0.05) is 0 Å². The van der Waals surface area contributed by atoms with Gasteiger partial charge >= 0.3 is 6.03 Å². The van der Waals surface area contributed by atoms with Crippen molar-refractivity contribution in [2.45, 2.75) is 6.92 Å². The average molecular weight is 280 g/mol. The minimum Gasteiger partial charge on any atom is -0.395 e. The van der Waals surface area contributed by atoms with E-state index in [0.29, 0.717) is 37.6 Å². The van der Waals surface area contributed by atoms with Crippen LogP contribution < -0.4 is 5.73 Å². The molecule has 20 heavy (non-hydrogen) atoms. The lowest BCUT2D eigenvalue weighted by molar-refractivity contribution is 0.0645. The zero-order chi connectivity index (χ0) is 14.9. The first-order chi connectivity index (χ1) is 9.41. The number of amides is 3. The second-order valence-electron chi connectivity index (χ2n) is 5.07. The van der Waals surface area contributed by atoms with E-state index in [0.717, 1.165) is 0 Å². The number of urea groups is 1. The number of hydrogen-bond acceptors (Lipinski definition) is 4. The Morgan fingerprint density at radius 3 is 2.20 bits per heavy atom. The third-order valence-electron chi connectivity index (χ3n) is 3.42. The Bertz CT molecular complexity index is 516. The van der Waals surface area contributed by atoms with Gasteiger partial charge in [-0.05, 0) is 6.92 Å². The molecule has 8 heteroatoms. The molecule has 2 rings (SSSR count). The van der Waals surface area contributed by atoms with Gasteiger partial charge in [-0.3, -0.25) is 9.89 Å². The highest BCUT2D eigenvalue weighted by Gasteiger charge is 2.28. The summed E-state index contributed by atoms with van der Waals surface area (Å²) in [5, 5.41) is 6.65. The number of anilines is 1. The van der Waals surface area contributed by atoms with Crippen LogP contribution in [0.3, 0.4) is 0 Å². The summed E-state index contributed by atoms with van der Waals surface area (Å²) < 4.78 is 0. The summed E-state index contributed by atoms with van der Waals surface area (Å²) in [6, 6.07) is -0.0350. The molecule has 0 saturated carbocycles. The summed E-state index contributed by atoms with van der Waals surface area (Å²) in [4.78, 5) is 29.0. The van der Waals surface area contributed by atoms with Gasteiger partial charge in [0.1, 0.15) is 0 Å². The number of nitrogens with zero attached hydrogens (tertiary/aromatic N) is 4. The molecular weight excluding hydrogens is 260 g/mol. The summed E-state index contributed by atoms with van der Waals surface area (Å²) >= 11 is 0. The van der Waals surface area contributed by atoms with E-state index < -0.39 is 0 Å². The van der Waals surface area contributed by atoms with Crippen LogP contribution in [-0.2, 0) is 0 Å². The molecule has 0 aliphatic carbocycles. The zero-order valence-electron chi connectivity index (χ0n) is 12.0. The standard InChI is InChI=1S/C12H20N6O2/c1-8-9(13)10(15-14-8)11(19)17-4-6-18(7-5-17)12(20)16(2)3/h4-7,13H2,1-3H3,(H,14,15). The molecule has 0 spiro atoms. The number of nitrogens with two attached hydrogens (primary N) is 1. The molecule has 1 aromatic heterocycles. The topological polar surface area (TPSA) is 98.6 Å². The molecule has 0 unspecified atom stereocenters. The molecule has 1 fully saturated rings. The number of carbonyl (C=O) groups is 2. The highest BCUT2D eigenvalue weighted by Crippen LogP contribution is 2.16. The van der Waals surface area contributed by atoms with Gasteiger partial charge in [0.2, 0.25) is 0 Å². The van der Waals surface area contributed by atoms with Gasteiger partial charge in [0, 0.05) is 40.3 Å². The Balaban J connectivity index is 1.99. The van der Waals surface area contributed by atoms with Gasteiger partial charge in [0.05, 0.1) is 11.4 Å². The number of hydrogen-bond donors (Lipinski definition) is 2. The first kappa shape index (κ1) is 14.2. The average Bonchev–Trinajstić information content (AvgIpc) is 2.77. The van der Waals surface area contributed by atoms with Crippen LogP contribution in [0.2, 0.25) is 0 Å². The maximum atomic E-state index is 12.3. The molecule has 8 nitrogen and oxygen atoms in total. The number of aryl methyl sites for hydroxylation is 1. The highest BCUT2D eigenvalue weighted by atomic mass is 16.2. The van der Waals surface area contributed by atoms with Crippen LogP contribution in [-0.4, -0.2) is 77.1 Å². The lowest BCUT2D eigenvalue weighted by Crippen LogP contribution is -2.53. The number of aromatic nitrogens is 2. The Morgan fingerprint density at radius 1 is 1.20 bits per heavy atom. The Morgan fingerprint density at radius 2 is 1.75 bits per heavy atom. The van der Waals surface area contributed by atoms with Crippen LogP contribution in [0.5, 0.6) is 0 Å². The molecule has 1 aliphatic heterocycles. The van der Waals surface area contributed by atoms with E-state index in [-0.39, 0.29) is 17.6 Å². The number of carbonyl (C=O) groups excluding carboxylic acids is 2. The lowest BCUT2D eigenvalue weighted by atomic mass is 10.2. The Hall–Kier alpha value is -2.25. The van der Waals surface area contributed by atoms with Crippen molar-refractivity contribution in [2.75, 3.05) is 46.0 Å². The molecule has 0 aromatic carbocycles. The van der Waals surface area contributed by atoms with Crippen LogP contribution in [0.1, 0.15) is 16.2 Å². The summed E-state index contributed by atoms with van der Waals surface area (Å²) in [6.07, 6.45) is 0. The van der Waals surface area contributed by atoms with Gasteiger partial charge in [-0.25, -0.2) is 4.79 Å². The molecule has 1 aliphatic rings. The summed E-state index contributed by atoms with van der Waals surface area (Å²) in [7, 11) is 3.43. The number of H-pyrrole nitrogens is 1. The van der Waals surface area contributed by atoms with E-state index in [1.54, 1.807) is 30.8 Å². The molecular formula is C12H20N6O2. The fourth-order valence-corrected chi connectivity index (χ4v) is 2.13. The van der Waals surface area contributed by atoms with Crippen molar-refractivity contribution in [1.82, 2.24) is 24.9 Å². The van der Waals surface area contributed by atoms with Crippen molar-refractivity contribution in [1.29, 1.82) is 0 Å². The van der Waals surface area contributed by atoms with Gasteiger partial charge < -0.3 is 20.4 Å². The van der Waals surface area contributed by atoms with Crippen LogP contribution in [0.4, 0.5) is 10.5 Å². The molecule has 2 heterocycles. The number of rotatable bonds is 1. The van der Waals surface area contributed by atoms with Crippen molar-refractivity contribution in [3.8, 4) is 0 Å². The number of aromatic amines is 1. The van der Waals surface area contributed by atoms with Crippen molar-refractivity contribution in [3.63, 3.8) is 0 Å². The van der Waals surface area contributed by atoms with Gasteiger partial charge in [-0.15, -0.1) is 0 Å². The first-order valence-corrected chi connectivity index (χ1v) is 6.47. The van der Waals surface area contributed by atoms with E-state index in [2.05, 4.69) is 10.2 Å². The fourth-order valence-electron chi connectivity index (χ4n) is 2.13. The second-order valence-corrected chi connectivity index (χ2v) is 5.07. The fraction of sp³-hybridized carbons (Fsp3) is 0.583. The summed E-state index contributed by atoms with van der Waals surface area (Å²) in [5.74, 6) is -0.191. The van der Waals surface area contributed by atoms with Crippen molar-refractivity contribution >= 4 is 17.6 Å². The van der Waals surface area contributed by atoms with Crippen LogP contribution in [0.15, 0.2) is 0 Å². The Labute approximate surface area is 117 Å². The highest BCUT2D eigenvalue weighted by molar-refractivity contribution is 5.97. The van der Waals surface area contributed by atoms with E-state index in [4.69, 9.17) is 5.73 Å². The quantitative estimate of drug-likeness (QED) is 0.740. The maximum Gasteiger partial charge on any atom is 0.319 e. The molecule has 3 N–H and O–H groups in total. The van der Waals surface area contributed by atoms with Crippen molar-refractivity contribution in [2.24, 2.45) is 0 Å². The smallest absolute Gasteiger partial charge is 0.319 e. The molecule has 1 aromatic rings. The normalized spacial score (nSPS) is 15.3. The van der Waals surface area contributed by atoms with Gasteiger partial charge in [0.15, 0.2) is 5.69 Å². The molecule has 0 radical (unpaired) electrons. The number of nitrogen functional groups attached to an aromatic ring is 1. The number of nitrogens with one attached hydrogen (secondary N) is 1. The second kappa shape index (κ2) is 5.40. The molecule has 110 valence electrons. The third-order valence-corrected chi connectivity index (χ3v) is 3.42. The summed E-state index contributed by atoms with van der Waals surface area (Å²) in [6.45, 7) is 3.79. The van der Waals surface area contributed by atoms with Crippen LogP contribution in [0.25, 0.3) is 0 Å². The third kappa shape index (κ3) is 2.54. The first-order valence-electron chi connectivity index (χ1n) is 6.47. The van der Waals surface area contributed by atoms with Gasteiger partial charge in [-0.2, -0.15) is 5.10 Å². The SMILES string of the molecule is Cc1[nH]nc(C(=O)N2CCN(C(=O)N(C)C)CC2)c1N. The molecule has 0 bridgehead atoms. The van der Waals surface area contributed by atoms with E-state index in [9.17, 15) is 9.59 Å². The minimum absolute atomic E-state index is 0.0350. The molecule has 0 atom stereocenters. The van der Waals surface area contributed by atoms with E-state index in [1.807, 2.05) is 0 Å². The molecule has 1 saturated heterocycles. The van der Waals surface area contributed by atoms with Crippen molar-refractivity contribution in [3.05, 3.63) is 11.4 Å². The number of piperazine rings is 1. The monoisotopic (exact) mass is 280 g/mol. The van der Waals surface area contributed by atoms with E-state index >= 15 is 0 Å². The zero-order valence-corrected chi connectivity index (χ0v) is 12.0. The van der Waals surface area contributed by atoms with Gasteiger partial charge in [0.25, 0.3) is 5.91 Å². The Kier molecular flexibility index (Phi) is 3.82. The minimum atomic E-state index is -0.191. The largest absolute Gasteiger partial charge is 0.395 e. The lowest BCUT2D eigenvalue weighted by Gasteiger charge is -2.35.